The number of imide groups is 2. The Balaban J connectivity index is 0.866. The van der Waals surface area contributed by atoms with Crippen molar-refractivity contribution in [2.24, 2.45) is 47.3 Å². The first-order valence-corrected chi connectivity index (χ1v) is 14.0. The van der Waals surface area contributed by atoms with Gasteiger partial charge in [0.1, 0.15) is 0 Å². The summed E-state index contributed by atoms with van der Waals surface area (Å²) in [5, 5.41) is 0. The Kier molecular flexibility index (Phi) is 5.39. The number of fused-ring (bicyclic) bond motifs is 10. The lowest BCUT2D eigenvalue weighted by atomic mass is 9.85. The molecule has 7 aliphatic rings. The number of piperazine rings is 1. The molecule has 200 valence electrons. The van der Waals surface area contributed by atoms with Crippen LogP contribution in [0.3, 0.4) is 0 Å². The first kappa shape index (κ1) is 23.8. The molecule has 5 fully saturated rings. The van der Waals surface area contributed by atoms with Gasteiger partial charge in [-0.3, -0.25) is 38.6 Å². The maximum absolute atomic E-state index is 12.8. The van der Waals surface area contributed by atoms with Crippen molar-refractivity contribution in [2.75, 3.05) is 39.3 Å². The zero-order valence-corrected chi connectivity index (χ0v) is 21.2. The van der Waals surface area contributed by atoms with Crippen molar-refractivity contribution in [1.82, 2.24) is 19.6 Å². The lowest BCUT2D eigenvalue weighted by Crippen LogP contribution is -2.51. The van der Waals surface area contributed by atoms with Crippen LogP contribution in [-0.4, -0.2) is 94.3 Å². The average Bonchev–Trinajstić information content (AvgIpc) is 3.76. The van der Waals surface area contributed by atoms with E-state index in [1.807, 2.05) is 0 Å². The molecule has 4 bridgehead atoms. The molecule has 0 N–H and O–H groups in total. The SMILES string of the molecule is O=C(CCN1C(=O)C2C3C=CC(C3)C2C1=O)N1CCN(C(=O)CCN2C(=O)C3C4C=CC(C4)C3C2=O)CC1. The molecule has 10 heteroatoms. The summed E-state index contributed by atoms with van der Waals surface area (Å²) in [4.78, 5) is 82.9. The monoisotopic (exact) mass is 520 g/mol. The Morgan fingerprint density at radius 2 is 0.842 bits per heavy atom. The summed E-state index contributed by atoms with van der Waals surface area (Å²) in [6.07, 6.45) is 10.2. The third kappa shape index (κ3) is 3.37. The Labute approximate surface area is 220 Å². The van der Waals surface area contributed by atoms with E-state index in [2.05, 4.69) is 24.3 Å². The van der Waals surface area contributed by atoms with Crippen LogP contribution >= 0.6 is 0 Å². The minimum Gasteiger partial charge on any atom is -0.339 e. The molecule has 8 atom stereocenters. The van der Waals surface area contributed by atoms with Crippen LogP contribution in [0.5, 0.6) is 0 Å². The summed E-state index contributed by atoms with van der Waals surface area (Å²) < 4.78 is 0. The Morgan fingerprint density at radius 1 is 0.553 bits per heavy atom. The van der Waals surface area contributed by atoms with Crippen LogP contribution in [0.15, 0.2) is 24.3 Å². The van der Waals surface area contributed by atoms with Gasteiger partial charge in [0.15, 0.2) is 0 Å². The van der Waals surface area contributed by atoms with E-state index in [0.717, 1.165) is 12.8 Å². The normalized spacial score (nSPS) is 38.3. The van der Waals surface area contributed by atoms with Gasteiger partial charge in [-0.15, -0.1) is 0 Å². The molecule has 3 aliphatic heterocycles. The number of carbonyl (C=O) groups excluding carboxylic acids is 6. The average molecular weight is 521 g/mol. The highest BCUT2D eigenvalue weighted by Crippen LogP contribution is 2.53. The predicted molar refractivity (Wildman–Crippen MR) is 131 cm³/mol. The second-order valence-corrected chi connectivity index (χ2v) is 11.9. The van der Waals surface area contributed by atoms with Crippen LogP contribution in [0.25, 0.3) is 0 Å². The van der Waals surface area contributed by atoms with E-state index in [1.54, 1.807) is 9.80 Å². The number of hydrogen-bond acceptors (Lipinski definition) is 6. The molecule has 0 aromatic carbocycles. The lowest BCUT2D eigenvalue weighted by molar-refractivity contribution is -0.145. The summed E-state index contributed by atoms with van der Waals surface area (Å²) in [6, 6.07) is 0. The van der Waals surface area contributed by atoms with E-state index in [0.29, 0.717) is 26.2 Å². The number of amides is 6. The Morgan fingerprint density at radius 3 is 1.13 bits per heavy atom. The van der Waals surface area contributed by atoms with Gasteiger partial charge in [-0.2, -0.15) is 0 Å². The van der Waals surface area contributed by atoms with Gasteiger partial charge in [-0.1, -0.05) is 24.3 Å². The molecule has 0 aromatic rings. The minimum atomic E-state index is -0.250. The largest absolute Gasteiger partial charge is 0.339 e. The van der Waals surface area contributed by atoms with Gasteiger partial charge < -0.3 is 9.80 Å². The van der Waals surface area contributed by atoms with Gasteiger partial charge in [-0.05, 0) is 36.5 Å². The number of hydrogen-bond donors (Lipinski definition) is 0. The standard InChI is InChI=1S/C28H32N4O6/c33-19(5-7-31-25(35)21-15-1-2-16(13-15)22(21)26(31)36)29-9-11-30(12-10-29)20(34)6-8-32-27(37)23-17-3-4-18(14-17)24(23)28(32)38/h1-4,15-18,21-24H,5-14H2. The summed E-state index contributed by atoms with van der Waals surface area (Å²) in [5.74, 6) is -1.18. The number of allylic oxidation sites excluding steroid dienone is 4. The van der Waals surface area contributed by atoms with E-state index in [4.69, 9.17) is 0 Å². The van der Waals surface area contributed by atoms with Gasteiger partial charge in [0.25, 0.3) is 0 Å². The summed E-state index contributed by atoms with van der Waals surface area (Å²) in [5.41, 5.74) is 0. The van der Waals surface area contributed by atoms with Crippen molar-refractivity contribution < 1.29 is 28.8 Å². The zero-order chi connectivity index (χ0) is 26.3. The molecule has 0 spiro atoms. The fourth-order valence-electron chi connectivity index (χ4n) is 8.31. The highest BCUT2D eigenvalue weighted by Gasteiger charge is 2.60. The molecule has 2 saturated carbocycles. The number of carbonyl (C=O) groups is 6. The Bertz CT molecular complexity index is 1050. The molecule has 8 unspecified atom stereocenters. The van der Waals surface area contributed by atoms with Crippen molar-refractivity contribution in [1.29, 1.82) is 0 Å². The molecule has 10 nitrogen and oxygen atoms in total. The van der Waals surface area contributed by atoms with E-state index in [-0.39, 0.29) is 109 Å². The first-order valence-electron chi connectivity index (χ1n) is 14.0. The molecule has 3 saturated heterocycles. The van der Waals surface area contributed by atoms with Crippen LogP contribution in [0.2, 0.25) is 0 Å². The van der Waals surface area contributed by atoms with E-state index in [1.165, 1.54) is 9.80 Å². The zero-order valence-electron chi connectivity index (χ0n) is 21.2. The number of nitrogens with zero attached hydrogens (tertiary/aromatic N) is 4. The van der Waals surface area contributed by atoms with E-state index < -0.39 is 0 Å². The van der Waals surface area contributed by atoms with E-state index in [9.17, 15) is 28.8 Å². The van der Waals surface area contributed by atoms with Gasteiger partial charge in [0, 0.05) is 52.1 Å². The van der Waals surface area contributed by atoms with E-state index >= 15 is 0 Å². The van der Waals surface area contributed by atoms with Crippen LogP contribution < -0.4 is 0 Å². The summed E-state index contributed by atoms with van der Waals surface area (Å²) in [7, 11) is 0. The van der Waals surface area contributed by atoms with Crippen molar-refractivity contribution >= 4 is 35.4 Å². The van der Waals surface area contributed by atoms with Crippen molar-refractivity contribution in [3.63, 3.8) is 0 Å². The van der Waals surface area contributed by atoms with Gasteiger partial charge in [-0.25, -0.2) is 0 Å². The fraction of sp³-hybridized carbons (Fsp3) is 0.643. The third-order valence-corrected chi connectivity index (χ3v) is 10.2. The molecule has 6 amide bonds. The molecular formula is C28H32N4O6. The van der Waals surface area contributed by atoms with Crippen LogP contribution in [0.4, 0.5) is 0 Å². The van der Waals surface area contributed by atoms with Gasteiger partial charge in [0.05, 0.1) is 23.7 Å². The quantitative estimate of drug-likeness (QED) is 0.361. The molecule has 0 radical (unpaired) electrons. The number of rotatable bonds is 6. The second-order valence-electron chi connectivity index (χ2n) is 11.9. The molecule has 7 rings (SSSR count). The molecular weight excluding hydrogens is 488 g/mol. The maximum Gasteiger partial charge on any atom is 0.233 e. The highest BCUT2D eigenvalue weighted by molar-refractivity contribution is 6.07. The lowest BCUT2D eigenvalue weighted by Gasteiger charge is -2.35. The number of likely N-dealkylation sites (tertiary alicyclic amines) is 2. The van der Waals surface area contributed by atoms with Crippen molar-refractivity contribution in [3.8, 4) is 0 Å². The summed E-state index contributed by atoms with van der Waals surface area (Å²) in [6.45, 7) is 1.75. The maximum atomic E-state index is 12.8. The van der Waals surface area contributed by atoms with Crippen LogP contribution in [0, 0.1) is 47.3 Å². The first-order chi connectivity index (χ1) is 18.3. The van der Waals surface area contributed by atoms with Gasteiger partial charge in [0.2, 0.25) is 35.4 Å². The molecule has 3 heterocycles. The topological polar surface area (TPSA) is 115 Å². The van der Waals surface area contributed by atoms with Crippen LogP contribution in [0.1, 0.15) is 25.7 Å². The molecule has 38 heavy (non-hydrogen) atoms. The second kappa shape index (κ2) is 8.61. The fourth-order valence-corrected chi connectivity index (χ4v) is 8.31. The highest BCUT2D eigenvalue weighted by atomic mass is 16.2. The molecule has 0 aromatic heterocycles. The van der Waals surface area contributed by atoms with Crippen LogP contribution in [-0.2, 0) is 28.8 Å². The van der Waals surface area contributed by atoms with Crippen molar-refractivity contribution in [2.45, 2.75) is 25.7 Å². The minimum absolute atomic E-state index is 0.0893. The molecule has 4 aliphatic carbocycles. The Hall–Kier alpha value is -3.30. The third-order valence-electron chi connectivity index (χ3n) is 10.2. The predicted octanol–water partition coefficient (Wildman–Crippen LogP) is 0.0516. The van der Waals surface area contributed by atoms with Crippen molar-refractivity contribution in [3.05, 3.63) is 24.3 Å². The van der Waals surface area contributed by atoms with Gasteiger partial charge >= 0.3 is 0 Å². The summed E-state index contributed by atoms with van der Waals surface area (Å²) >= 11 is 0. The smallest absolute Gasteiger partial charge is 0.233 e.